The smallest absolute Gasteiger partial charge is 0.219 e. The highest BCUT2D eigenvalue weighted by Gasteiger charge is 2.24. The molecule has 1 atom stereocenters. The van der Waals surface area contributed by atoms with Crippen molar-refractivity contribution in [2.75, 3.05) is 33.3 Å². The first-order chi connectivity index (χ1) is 8.90. The number of rotatable bonds is 6. The van der Waals surface area contributed by atoms with E-state index >= 15 is 0 Å². The topological polar surface area (TPSA) is 53.0 Å². The predicted molar refractivity (Wildman–Crippen MR) is 75.0 cm³/mol. The van der Waals surface area contributed by atoms with Crippen LogP contribution in [0.25, 0.3) is 0 Å². The number of carbonyl (C=O) groups excluding carboxylic acids is 1. The summed E-state index contributed by atoms with van der Waals surface area (Å²) in [7, 11) is 1.87. The van der Waals surface area contributed by atoms with Crippen LogP contribution >= 0.6 is 0 Å². The van der Waals surface area contributed by atoms with Gasteiger partial charge in [0.05, 0.1) is 18.8 Å². The quantitative estimate of drug-likeness (QED) is 0.774. The lowest BCUT2D eigenvalue weighted by Gasteiger charge is -2.37. The molecule has 0 spiro atoms. The number of aliphatic hydroxyl groups excluding tert-OH is 1. The van der Waals surface area contributed by atoms with E-state index in [1.807, 2.05) is 25.8 Å². The second-order valence-electron chi connectivity index (χ2n) is 5.70. The number of hydrogen-bond donors (Lipinski definition) is 1. The van der Waals surface area contributed by atoms with Crippen LogP contribution in [0.5, 0.6) is 0 Å². The van der Waals surface area contributed by atoms with Crippen LogP contribution in [-0.2, 0) is 9.53 Å². The minimum Gasteiger partial charge on any atom is -0.389 e. The number of amides is 1. The zero-order chi connectivity index (χ0) is 14.4. The molecule has 1 aliphatic rings. The Morgan fingerprint density at radius 3 is 2.47 bits per heavy atom. The van der Waals surface area contributed by atoms with Crippen molar-refractivity contribution in [1.29, 1.82) is 0 Å². The van der Waals surface area contributed by atoms with Gasteiger partial charge in [0.2, 0.25) is 5.91 Å². The van der Waals surface area contributed by atoms with E-state index in [2.05, 4.69) is 4.90 Å². The van der Waals surface area contributed by atoms with Crippen molar-refractivity contribution in [3.8, 4) is 0 Å². The van der Waals surface area contributed by atoms with E-state index in [9.17, 15) is 9.90 Å². The molecule has 0 radical (unpaired) electrons. The van der Waals surface area contributed by atoms with Gasteiger partial charge in [0.1, 0.15) is 0 Å². The fourth-order valence-corrected chi connectivity index (χ4v) is 2.40. The Balaban J connectivity index is 2.24. The van der Waals surface area contributed by atoms with Crippen LogP contribution < -0.4 is 0 Å². The highest BCUT2D eigenvalue weighted by atomic mass is 16.5. The monoisotopic (exact) mass is 272 g/mol. The number of ether oxygens (including phenoxy) is 1. The number of hydrogen-bond acceptors (Lipinski definition) is 4. The minimum atomic E-state index is -0.426. The average Bonchev–Trinajstić information content (AvgIpc) is 2.36. The summed E-state index contributed by atoms with van der Waals surface area (Å²) in [6.07, 6.45) is 1.69. The molecule has 1 heterocycles. The van der Waals surface area contributed by atoms with Crippen molar-refractivity contribution in [2.24, 2.45) is 0 Å². The van der Waals surface area contributed by atoms with Crippen molar-refractivity contribution in [2.45, 2.75) is 51.9 Å². The van der Waals surface area contributed by atoms with Gasteiger partial charge >= 0.3 is 0 Å². The second kappa shape index (κ2) is 7.82. The largest absolute Gasteiger partial charge is 0.389 e. The summed E-state index contributed by atoms with van der Waals surface area (Å²) in [5.41, 5.74) is 0. The maximum atomic E-state index is 11.3. The third kappa shape index (κ3) is 5.89. The van der Waals surface area contributed by atoms with Gasteiger partial charge in [-0.2, -0.15) is 0 Å². The lowest BCUT2D eigenvalue weighted by atomic mass is 10.0. The molecule has 0 bridgehead atoms. The first kappa shape index (κ1) is 16.4. The van der Waals surface area contributed by atoms with Gasteiger partial charge in [-0.1, -0.05) is 0 Å². The van der Waals surface area contributed by atoms with Crippen molar-refractivity contribution < 1.29 is 14.6 Å². The normalized spacial score (nSPS) is 19.7. The molecule has 5 nitrogen and oxygen atoms in total. The van der Waals surface area contributed by atoms with E-state index in [4.69, 9.17) is 4.74 Å². The molecule has 1 rings (SSSR count). The van der Waals surface area contributed by atoms with Gasteiger partial charge in [0.15, 0.2) is 0 Å². The summed E-state index contributed by atoms with van der Waals surface area (Å²) in [6, 6.07) is 0.345. The van der Waals surface area contributed by atoms with Crippen molar-refractivity contribution in [1.82, 2.24) is 9.80 Å². The van der Waals surface area contributed by atoms with E-state index in [0.717, 1.165) is 25.9 Å². The molecule has 1 amide bonds. The molecule has 19 heavy (non-hydrogen) atoms. The number of carbonyl (C=O) groups is 1. The van der Waals surface area contributed by atoms with Gasteiger partial charge in [-0.05, 0) is 26.7 Å². The number of nitrogens with zero attached hydrogens (tertiary/aromatic N) is 2. The fraction of sp³-hybridized carbons (Fsp3) is 0.929. The SMILES string of the molecule is CC(=O)N(C)C1CCN(CC(O)COC(C)C)CC1. The predicted octanol–water partition coefficient (Wildman–Crippen LogP) is 0.715. The molecule has 1 fully saturated rings. The van der Waals surface area contributed by atoms with Crippen molar-refractivity contribution >= 4 is 5.91 Å². The molecule has 0 aliphatic carbocycles. The third-order valence-electron chi connectivity index (χ3n) is 3.69. The van der Waals surface area contributed by atoms with E-state index in [0.29, 0.717) is 19.2 Å². The van der Waals surface area contributed by atoms with Gasteiger partial charge in [0, 0.05) is 39.6 Å². The van der Waals surface area contributed by atoms with Crippen LogP contribution in [0.3, 0.4) is 0 Å². The van der Waals surface area contributed by atoms with E-state index in [1.54, 1.807) is 6.92 Å². The number of aliphatic hydroxyl groups is 1. The van der Waals surface area contributed by atoms with Crippen LogP contribution in [0, 0.1) is 0 Å². The van der Waals surface area contributed by atoms with E-state index in [-0.39, 0.29) is 12.0 Å². The van der Waals surface area contributed by atoms with Gasteiger partial charge in [-0.3, -0.25) is 4.79 Å². The summed E-state index contributed by atoms with van der Waals surface area (Å²) in [5.74, 6) is 0.129. The molecule has 1 aliphatic heterocycles. The number of piperidine rings is 1. The maximum absolute atomic E-state index is 11.3. The van der Waals surface area contributed by atoms with E-state index in [1.165, 1.54) is 0 Å². The van der Waals surface area contributed by atoms with E-state index < -0.39 is 6.10 Å². The molecule has 5 heteroatoms. The van der Waals surface area contributed by atoms with Gasteiger partial charge < -0.3 is 19.6 Å². The number of likely N-dealkylation sites (tertiary alicyclic amines) is 1. The Morgan fingerprint density at radius 1 is 1.42 bits per heavy atom. The summed E-state index contributed by atoms with van der Waals surface area (Å²) < 4.78 is 5.41. The molecular formula is C14H28N2O3. The summed E-state index contributed by atoms with van der Waals surface area (Å²) >= 11 is 0. The van der Waals surface area contributed by atoms with Crippen LogP contribution in [-0.4, -0.2) is 72.4 Å². The van der Waals surface area contributed by atoms with Gasteiger partial charge in [-0.25, -0.2) is 0 Å². The van der Waals surface area contributed by atoms with Crippen molar-refractivity contribution in [3.63, 3.8) is 0 Å². The minimum absolute atomic E-state index is 0.129. The molecule has 1 saturated heterocycles. The van der Waals surface area contributed by atoms with Crippen LogP contribution in [0.15, 0.2) is 0 Å². The summed E-state index contributed by atoms with van der Waals surface area (Å²) in [5, 5.41) is 9.88. The zero-order valence-electron chi connectivity index (χ0n) is 12.6. The molecule has 0 aromatic heterocycles. The van der Waals surface area contributed by atoms with Crippen LogP contribution in [0.1, 0.15) is 33.6 Å². The Morgan fingerprint density at radius 2 is 2.00 bits per heavy atom. The first-order valence-corrected chi connectivity index (χ1v) is 7.15. The number of β-amino-alcohol motifs (C(OH)–C–C–N with tert-alkyl or cyclic N) is 1. The van der Waals surface area contributed by atoms with Crippen molar-refractivity contribution in [3.05, 3.63) is 0 Å². The molecule has 1 N–H and O–H groups in total. The summed E-state index contributed by atoms with van der Waals surface area (Å²) in [4.78, 5) is 15.4. The maximum Gasteiger partial charge on any atom is 0.219 e. The Labute approximate surface area is 116 Å². The lowest BCUT2D eigenvalue weighted by molar-refractivity contribution is -0.130. The Kier molecular flexibility index (Phi) is 6.75. The molecule has 0 aromatic rings. The van der Waals surface area contributed by atoms with Gasteiger partial charge in [-0.15, -0.1) is 0 Å². The average molecular weight is 272 g/mol. The van der Waals surface area contributed by atoms with Crippen LogP contribution in [0.4, 0.5) is 0 Å². The van der Waals surface area contributed by atoms with Gasteiger partial charge in [0.25, 0.3) is 0 Å². The lowest BCUT2D eigenvalue weighted by Crippen LogP contribution is -2.47. The highest BCUT2D eigenvalue weighted by molar-refractivity contribution is 5.73. The fourth-order valence-electron chi connectivity index (χ4n) is 2.40. The molecular weight excluding hydrogens is 244 g/mol. The summed E-state index contributed by atoms with van der Waals surface area (Å²) in [6.45, 7) is 8.46. The first-order valence-electron chi connectivity index (χ1n) is 7.15. The molecule has 0 saturated carbocycles. The molecule has 0 aromatic carbocycles. The molecule has 112 valence electrons. The van der Waals surface area contributed by atoms with Crippen LogP contribution in [0.2, 0.25) is 0 Å². The third-order valence-corrected chi connectivity index (χ3v) is 3.69. The zero-order valence-corrected chi connectivity index (χ0v) is 12.6. The standard InChI is InChI=1S/C14H28N2O3/c1-11(2)19-10-14(18)9-16-7-5-13(6-8-16)15(4)12(3)17/h11,13-14,18H,5-10H2,1-4H3. The Hall–Kier alpha value is -0.650. The molecule has 1 unspecified atom stereocenters. The Bertz CT molecular complexity index is 276. The second-order valence-corrected chi connectivity index (χ2v) is 5.70. The highest BCUT2D eigenvalue weighted by Crippen LogP contribution is 2.15.